The number of β-amino-alcohol motifs (C(OH)–C–C–N with tert-alkyl or cyclic N) is 1. The molecule has 1 saturated heterocycles. The van der Waals surface area contributed by atoms with E-state index in [1.165, 1.54) is 0 Å². The summed E-state index contributed by atoms with van der Waals surface area (Å²) in [5.41, 5.74) is 12.5. The van der Waals surface area contributed by atoms with Gasteiger partial charge in [0.1, 0.15) is 0 Å². The van der Waals surface area contributed by atoms with Crippen LogP contribution in [0, 0.1) is 5.92 Å². The van der Waals surface area contributed by atoms with E-state index in [1.54, 1.807) is 12.1 Å². The average molecular weight is 263 g/mol. The fraction of sp³-hybridized carbons (Fsp3) is 0.500. The summed E-state index contributed by atoms with van der Waals surface area (Å²) in [6.45, 7) is 2.19. The standard InChI is InChI=1S/C14H21N3O2/c15-12-3-1-10(2-4-12)13(18)9-17-7-5-11(6-8-17)14(16)19/h1-4,11,13,18H,5-9,15H2,(H2,16,19). The number of benzene rings is 1. The maximum atomic E-state index is 11.1. The van der Waals surface area contributed by atoms with Crippen LogP contribution in [0.3, 0.4) is 0 Å². The largest absolute Gasteiger partial charge is 0.399 e. The maximum absolute atomic E-state index is 11.1. The van der Waals surface area contributed by atoms with Gasteiger partial charge < -0.3 is 21.5 Å². The second kappa shape index (κ2) is 6.04. The summed E-state index contributed by atoms with van der Waals surface area (Å²) in [6, 6.07) is 7.27. The number of likely N-dealkylation sites (tertiary alicyclic amines) is 1. The van der Waals surface area contributed by atoms with E-state index in [0.29, 0.717) is 12.2 Å². The second-order valence-corrected chi connectivity index (χ2v) is 5.16. The van der Waals surface area contributed by atoms with Gasteiger partial charge in [-0.3, -0.25) is 4.79 Å². The number of hydrogen-bond donors (Lipinski definition) is 3. The second-order valence-electron chi connectivity index (χ2n) is 5.16. The quantitative estimate of drug-likeness (QED) is 0.690. The summed E-state index contributed by atoms with van der Waals surface area (Å²) in [6.07, 6.45) is 1.04. The first-order chi connectivity index (χ1) is 9.06. The van der Waals surface area contributed by atoms with Crippen LogP contribution in [-0.2, 0) is 4.79 Å². The minimum Gasteiger partial charge on any atom is -0.399 e. The molecule has 0 saturated carbocycles. The number of nitrogens with zero attached hydrogens (tertiary/aromatic N) is 1. The number of hydrogen-bond acceptors (Lipinski definition) is 4. The Morgan fingerprint density at radius 2 is 1.89 bits per heavy atom. The molecule has 0 bridgehead atoms. The zero-order chi connectivity index (χ0) is 13.8. The van der Waals surface area contributed by atoms with Crippen molar-refractivity contribution < 1.29 is 9.90 Å². The van der Waals surface area contributed by atoms with E-state index in [-0.39, 0.29) is 11.8 Å². The highest BCUT2D eigenvalue weighted by molar-refractivity contribution is 5.76. The molecule has 5 N–H and O–H groups in total. The van der Waals surface area contributed by atoms with Gasteiger partial charge in [0, 0.05) is 18.2 Å². The first-order valence-electron chi connectivity index (χ1n) is 6.61. The molecular weight excluding hydrogens is 242 g/mol. The van der Waals surface area contributed by atoms with Crippen LogP contribution >= 0.6 is 0 Å². The third-order valence-corrected chi connectivity index (χ3v) is 3.74. The van der Waals surface area contributed by atoms with E-state index in [4.69, 9.17) is 11.5 Å². The van der Waals surface area contributed by atoms with Crippen molar-refractivity contribution in [1.29, 1.82) is 0 Å². The van der Waals surface area contributed by atoms with Crippen LogP contribution in [0.4, 0.5) is 5.69 Å². The van der Waals surface area contributed by atoms with E-state index in [2.05, 4.69) is 4.90 Å². The topological polar surface area (TPSA) is 92.6 Å². The summed E-state index contributed by atoms with van der Waals surface area (Å²) in [7, 11) is 0. The van der Waals surface area contributed by atoms with Crippen LogP contribution in [0.2, 0.25) is 0 Å². The fourth-order valence-electron chi connectivity index (χ4n) is 2.47. The Morgan fingerprint density at radius 1 is 1.32 bits per heavy atom. The predicted octanol–water partition coefficient (Wildman–Crippen LogP) is 0.499. The number of rotatable bonds is 4. The van der Waals surface area contributed by atoms with Gasteiger partial charge in [0.15, 0.2) is 0 Å². The molecule has 1 atom stereocenters. The maximum Gasteiger partial charge on any atom is 0.220 e. The average Bonchev–Trinajstić information content (AvgIpc) is 2.40. The van der Waals surface area contributed by atoms with Crippen molar-refractivity contribution in [3.8, 4) is 0 Å². The summed E-state index contributed by atoms with van der Waals surface area (Å²) in [4.78, 5) is 13.2. The molecule has 1 unspecified atom stereocenters. The molecule has 0 spiro atoms. The van der Waals surface area contributed by atoms with E-state index in [9.17, 15) is 9.90 Å². The predicted molar refractivity (Wildman–Crippen MR) is 74.2 cm³/mol. The van der Waals surface area contributed by atoms with Gasteiger partial charge in [-0.05, 0) is 43.6 Å². The molecule has 5 nitrogen and oxygen atoms in total. The number of carbonyl (C=O) groups excluding carboxylic acids is 1. The van der Waals surface area contributed by atoms with Gasteiger partial charge in [0.05, 0.1) is 6.10 Å². The Kier molecular flexibility index (Phi) is 4.39. The third kappa shape index (κ3) is 3.68. The molecule has 1 heterocycles. The molecule has 1 aromatic carbocycles. The number of nitrogen functional groups attached to an aromatic ring is 1. The van der Waals surface area contributed by atoms with Crippen molar-refractivity contribution in [2.45, 2.75) is 18.9 Å². The number of aliphatic hydroxyl groups excluding tert-OH is 1. The van der Waals surface area contributed by atoms with Gasteiger partial charge in [-0.1, -0.05) is 12.1 Å². The molecule has 19 heavy (non-hydrogen) atoms. The highest BCUT2D eigenvalue weighted by Gasteiger charge is 2.24. The van der Waals surface area contributed by atoms with Crippen LogP contribution in [0.25, 0.3) is 0 Å². The van der Waals surface area contributed by atoms with Crippen molar-refractivity contribution in [3.63, 3.8) is 0 Å². The van der Waals surface area contributed by atoms with Crippen LogP contribution in [-0.4, -0.2) is 35.5 Å². The lowest BCUT2D eigenvalue weighted by atomic mass is 9.96. The number of anilines is 1. The van der Waals surface area contributed by atoms with Crippen molar-refractivity contribution >= 4 is 11.6 Å². The lowest BCUT2D eigenvalue weighted by Gasteiger charge is -2.31. The van der Waals surface area contributed by atoms with E-state index >= 15 is 0 Å². The summed E-state index contributed by atoms with van der Waals surface area (Å²) in [5.74, 6) is -0.219. The minimum absolute atomic E-state index is 0.00934. The minimum atomic E-state index is -0.522. The van der Waals surface area contributed by atoms with Crippen molar-refractivity contribution in [3.05, 3.63) is 29.8 Å². The van der Waals surface area contributed by atoms with Gasteiger partial charge in [0.2, 0.25) is 5.91 Å². The Balaban J connectivity index is 1.85. The molecule has 1 aliphatic heterocycles. The van der Waals surface area contributed by atoms with Gasteiger partial charge in [-0.15, -0.1) is 0 Å². The van der Waals surface area contributed by atoms with E-state index in [1.807, 2.05) is 12.1 Å². The molecule has 104 valence electrons. The van der Waals surface area contributed by atoms with Crippen LogP contribution < -0.4 is 11.5 Å². The lowest BCUT2D eigenvalue weighted by molar-refractivity contribution is -0.123. The van der Waals surface area contributed by atoms with Gasteiger partial charge >= 0.3 is 0 Å². The van der Waals surface area contributed by atoms with Crippen LogP contribution in [0.5, 0.6) is 0 Å². The van der Waals surface area contributed by atoms with Gasteiger partial charge in [-0.25, -0.2) is 0 Å². The molecule has 5 heteroatoms. The van der Waals surface area contributed by atoms with E-state index in [0.717, 1.165) is 31.5 Å². The molecule has 0 radical (unpaired) electrons. The molecule has 0 aliphatic carbocycles. The van der Waals surface area contributed by atoms with Gasteiger partial charge in [0.25, 0.3) is 0 Å². The monoisotopic (exact) mass is 263 g/mol. The summed E-state index contributed by atoms with van der Waals surface area (Å²) < 4.78 is 0. The first kappa shape index (κ1) is 13.8. The van der Waals surface area contributed by atoms with Gasteiger partial charge in [-0.2, -0.15) is 0 Å². The Morgan fingerprint density at radius 3 is 2.42 bits per heavy atom. The normalized spacial score (nSPS) is 19.2. The Bertz CT molecular complexity index is 425. The summed E-state index contributed by atoms with van der Waals surface area (Å²) in [5, 5.41) is 10.2. The van der Waals surface area contributed by atoms with Crippen LogP contribution in [0.1, 0.15) is 24.5 Å². The number of primary amides is 1. The molecular formula is C14H21N3O2. The molecule has 1 fully saturated rings. The molecule has 1 aromatic rings. The smallest absolute Gasteiger partial charge is 0.220 e. The molecule has 0 aromatic heterocycles. The number of nitrogens with two attached hydrogens (primary N) is 2. The highest BCUT2D eigenvalue weighted by atomic mass is 16.3. The molecule has 1 amide bonds. The van der Waals surface area contributed by atoms with Crippen molar-refractivity contribution in [2.24, 2.45) is 11.7 Å². The highest BCUT2D eigenvalue weighted by Crippen LogP contribution is 2.21. The number of amides is 1. The van der Waals surface area contributed by atoms with Crippen molar-refractivity contribution in [1.82, 2.24) is 4.90 Å². The lowest BCUT2D eigenvalue weighted by Crippen LogP contribution is -2.40. The van der Waals surface area contributed by atoms with Crippen LogP contribution in [0.15, 0.2) is 24.3 Å². The molecule has 2 rings (SSSR count). The first-order valence-corrected chi connectivity index (χ1v) is 6.61. The number of aliphatic hydroxyl groups is 1. The number of piperidine rings is 1. The third-order valence-electron chi connectivity index (χ3n) is 3.74. The molecule has 1 aliphatic rings. The fourth-order valence-corrected chi connectivity index (χ4v) is 2.47. The summed E-state index contributed by atoms with van der Waals surface area (Å²) >= 11 is 0. The Labute approximate surface area is 113 Å². The van der Waals surface area contributed by atoms with Crippen molar-refractivity contribution in [2.75, 3.05) is 25.4 Å². The Hall–Kier alpha value is -1.59. The number of carbonyl (C=O) groups is 1. The SMILES string of the molecule is NC(=O)C1CCN(CC(O)c2ccc(N)cc2)CC1. The van der Waals surface area contributed by atoms with E-state index < -0.39 is 6.10 Å². The zero-order valence-electron chi connectivity index (χ0n) is 11.0. The zero-order valence-corrected chi connectivity index (χ0v) is 11.0.